The third-order valence-electron chi connectivity index (χ3n) is 5.48. The molecule has 1 unspecified atom stereocenters. The molecule has 31 heavy (non-hydrogen) atoms. The highest BCUT2D eigenvalue weighted by atomic mass is 32.2. The average molecular weight is 435 g/mol. The zero-order chi connectivity index (χ0) is 21.8. The first kappa shape index (κ1) is 20.9. The van der Waals surface area contributed by atoms with Gasteiger partial charge in [-0.05, 0) is 61.4 Å². The number of amides is 3. The van der Waals surface area contributed by atoms with Crippen molar-refractivity contribution in [2.75, 3.05) is 28.4 Å². The van der Waals surface area contributed by atoms with Crippen molar-refractivity contribution < 1.29 is 14.4 Å². The summed E-state index contributed by atoms with van der Waals surface area (Å²) in [5, 5.41) is 11.7. The highest BCUT2D eigenvalue weighted by Crippen LogP contribution is 2.26. The highest BCUT2D eigenvalue weighted by Gasteiger charge is 2.35. The van der Waals surface area contributed by atoms with Gasteiger partial charge < -0.3 is 15.1 Å². The molecule has 0 saturated carbocycles. The molecule has 0 aromatic heterocycles. The SMILES string of the molecule is N#Cc1ccc(NC(=O)C2CSCN2C(=O)c2ccc(N3CCCCC3=O)cc2)cc1. The van der Waals surface area contributed by atoms with Gasteiger partial charge in [-0.2, -0.15) is 5.26 Å². The van der Waals surface area contributed by atoms with Crippen LogP contribution in [0.5, 0.6) is 0 Å². The van der Waals surface area contributed by atoms with Crippen LogP contribution in [0.3, 0.4) is 0 Å². The van der Waals surface area contributed by atoms with Crippen LogP contribution in [0, 0.1) is 11.3 Å². The molecule has 2 fully saturated rings. The van der Waals surface area contributed by atoms with Crippen molar-refractivity contribution in [3.8, 4) is 6.07 Å². The summed E-state index contributed by atoms with van der Waals surface area (Å²) in [5.74, 6) is 0.617. The van der Waals surface area contributed by atoms with Crippen molar-refractivity contribution in [1.82, 2.24) is 4.90 Å². The van der Waals surface area contributed by atoms with Crippen LogP contribution >= 0.6 is 11.8 Å². The number of rotatable bonds is 4. The second-order valence-corrected chi connectivity index (χ2v) is 8.52. The Labute approximate surface area is 185 Å². The van der Waals surface area contributed by atoms with Crippen molar-refractivity contribution in [1.29, 1.82) is 5.26 Å². The fourth-order valence-corrected chi connectivity index (χ4v) is 4.90. The average Bonchev–Trinajstić information content (AvgIpc) is 3.30. The number of carbonyl (C=O) groups excluding carboxylic acids is 3. The topological polar surface area (TPSA) is 93.5 Å². The molecule has 1 N–H and O–H groups in total. The Morgan fingerprint density at radius 2 is 1.81 bits per heavy atom. The molecule has 158 valence electrons. The van der Waals surface area contributed by atoms with Gasteiger partial charge in [-0.3, -0.25) is 14.4 Å². The van der Waals surface area contributed by atoms with Crippen LogP contribution in [0.2, 0.25) is 0 Å². The Hall–Kier alpha value is -3.31. The molecule has 7 nitrogen and oxygen atoms in total. The Morgan fingerprint density at radius 1 is 1.06 bits per heavy atom. The summed E-state index contributed by atoms with van der Waals surface area (Å²) in [4.78, 5) is 41.3. The fraction of sp³-hybridized carbons (Fsp3) is 0.304. The second-order valence-electron chi connectivity index (χ2n) is 7.52. The smallest absolute Gasteiger partial charge is 0.255 e. The molecular formula is C23H22N4O3S. The summed E-state index contributed by atoms with van der Waals surface area (Å²) < 4.78 is 0. The van der Waals surface area contributed by atoms with Crippen molar-refractivity contribution in [2.24, 2.45) is 0 Å². The van der Waals surface area contributed by atoms with E-state index in [0.29, 0.717) is 41.4 Å². The summed E-state index contributed by atoms with van der Waals surface area (Å²) in [6, 6.07) is 15.1. The highest BCUT2D eigenvalue weighted by molar-refractivity contribution is 7.99. The molecule has 2 aliphatic heterocycles. The molecule has 2 aromatic carbocycles. The van der Waals surface area contributed by atoms with Crippen LogP contribution in [-0.4, -0.2) is 46.8 Å². The van der Waals surface area contributed by atoms with Crippen molar-refractivity contribution >= 4 is 40.9 Å². The maximum atomic E-state index is 13.1. The summed E-state index contributed by atoms with van der Waals surface area (Å²) in [6.07, 6.45) is 2.46. The van der Waals surface area contributed by atoms with Crippen LogP contribution in [0.4, 0.5) is 11.4 Å². The monoisotopic (exact) mass is 434 g/mol. The molecule has 3 amide bonds. The van der Waals surface area contributed by atoms with E-state index >= 15 is 0 Å². The minimum absolute atomic E-state index is 0.112. The third-order valence-corrected chi connectivity index (χ3v) is 6.49. The molecule has 8 heteroatoms. The van der Waals surface area contributed by atoms with Crippen LogP contribution in [0.15, 0.2) is 48.5 Å². The van der Waals surface area contributed by atoms with Gasteiger partial charge in [0.15, 0.2) is 0 Å². The molecule has 0 bridgehead atoms. The predicted molar refractivity (Wildman–Crippen MR) is 120 cm³/mol. The van der Waals surface area contributed by atoms with Gasteiger partial charge in [-0.1, -0.05) is 0 Å². The lowest BCUT2D eigenvalue weighted by molar-refractivity contribution is -0.120. The van der Waals surface area contributed by atoms with Gasteiger partial charge in [-0.25, -0.2) is 0 Å². The zero-order valence-corrected chi connectivity index (χ0v) is 17.7. The van der Waals surface area contributed by atoms with E-state index in [0.717, 1.165) is 18.5 Å². The number of nitrogens with zero attached hydrogens (tertiary/aromatic N) is 3. The molecule has 0 radical (unpaired) electrons. The van der Waals surface area contributed by atoms with E-state index in [-0.39, 0.29) is 17.7 Å². The van der Waals surface area contributed by atoms with E-state index in [1.54, 1.807) is 58.3 Å². The first-order chi connectivity index (χ1) is 15.1. The van der Waals surface area contributed by atoms with E-state index in [4.69, 9.17) is 5.26 Å². The van der Waals surface area contributed by atoms with Crippen molar-refractivity contribution in [2.45, 2.75) is 25.3 Å². The van der Waals surface area contributed by atoms with E-state index in [2.05, 4.69) is 5.32 Å². The first-order valence-electron chi connectivity index (χ1n) is 10.2. The normalized spacial score (nSPS) is 18.5. The number of benzene rings is 2. The summed E-state index contributed by atoms with van der Waals surface area (Å²) >= 11 is 1.53. The lowest BCUT2D eigenvalue weighted by atomic mass is 10.1. The molecule has 0 aliphatic carbocycles. The first-order valence-corrected chi connectivity index (χ1v) is 11.3. The number of anilines is 2. The number of carbonyl (C=O) groups is 3. The van der Waals surface area contributed by atoms with Gasteiger partial charge >= 0.3 is 0 Å². The molecular weight excluding hydrogens is 412 g/mol. The van der Waals surface area contributed by atoms with E-state index in [1.807, 2.05) is 6.07 Å². The molecule has 2 aromatic rings. The largest absolute Gasteiger partial charge is 0.324 e. The fourth-order valence-electron chi connectivity index (χ4n) is 3.74. The Kier molecular flexibility index (Phi) is 6.23. The second kappa shape index (κ2) is 9.23. The number of hydrogen-bond acceptors (Lipinski definition) is 5. The van der Waals surface area contributed by atoms with Gasteiger partial charge in [0.25, 0.3) is 5.91 Å². The van der Waals surface area contributed by atoms with E-state index < -0.39 is 6.04 Å². The van der Waals surface area contributed by atoms with Crippen molar-refractivity contribution in [3.63, 3.8) is 0 Å². The standard InChI is InChI=1S/C23H22N4O3S/c24-13-16-4-8-18(9-5-16)25-22(29)20-14-31-15-27(20)23(30)17-6-10-19(11-7-17)26-12-2-1-3-21(26)28/h4-11,20H,1-3,12,14-15H2,(H,25,29). The third kappa shape index (κ3) is 4.57. The number of thioether (sulfide) groups is 1. The molecule has 1 atom stereocenters. The van der Waals surface area contributed by atoms with Gasteiger partial charge in [0.2, 0.25) is 11.8 Å². The van der Waals surface area contributed by atoms with Crippen LogP contribution in [0.25, 0.3) is 0 Å². The van der Waals surface area contributed by atoms with Crippen LogP contribution in [0.1, 0.15) is 35.2 Å². The Bertz CT molecular complexity index is 1030. The number of piperidine rings is 1. The van der Waals surface area contributed by atoms with Gasteiger partial charge in [0, 0.05) is 35.7 Å². The maximum Gasteiger partial charge on any atom is 0.255 e. The molecule has 2 heterocycles. The zero-order valence-electron chi connectivity index (χ0n) is 16.9. The molecule has 0 spiro atoms. The summed E-state index contributed by atoms with van der Waals surface area (Å²) in [6.45, 7) is 0.701. The Morgan fingerprint density at radius 3 is 2.48 bits per heavy atom. The number of nitriles is 1. The number of nitrogens with one attached hydrogen (secondary N) is 1. The lowest BCUT2D eigenvalue weighted by Gasteiger charge is -2.27. The molecule has 2 saturated heterocycles. The van der Waals surface area contributed by atoms with Crippen molar-refractivity contribution in [3.05, 3.63) is 59.7 Å². The summed E-state index contributed by atoms with van der Waals surface area (Å²) in [7, 11) is 0. The van der Waals surface area contributed by atoms with Gasteiger partial charge in [-0.15, -0.1) is 11.8 Å². The lowest BCUT2D eigenvalue weighted by Crippen LogP contribution is -2.44. The van der Waals surface area contributed by atoms with E-state index in [1.165, 1.54) is 11.8 Å². The van der Waals surface area contributed by atoms with Crippen LogP contribution < -0.4 is 10.2 Å². The van der Waals surface area contributed by atoms with E-state index in [9.17, 15) is 14.4 Å². The van der Waals surface area contributed by atoms with Crippen LogP contribution in [-0.2, 0) is 9.59 Å². The predicted octanol–water partition coefficient (Wildman–Crippen LogP) is 3.23. The number of hydrogen-bond donors (Lipinski definition) is 1. The Balaban J connectivity index is 1.44. The minimum Gasteiger partial charge on any atom is -0.324 e. The molecule has 2 aliphatic rings. The molecule has 4 rings (SSSR count). The maximum absolute atomic E-state index is 13.1. The van der Waals surface area contributed by atoms with Gasteiger partial charge in [0.1, 0.15) is 6.04 Å². The van der Waals surface area contributed by atoms with Gasteiger partial charge in [0.05, 0.1) is 17.5 Å². The quantitative estimate of drug-likeness (QED) is 0.797. The minimum atomic E-state index is -0.573. The summed E-state index contributed by atoms with van der Waals surface area (Å²) in [5.41, 5.74) is 2.39.